The molecule has 0 aliphatic carbocycles. The van der Waals surface area contributed by atoms with E-state index in [0.29, 0.717) is 24.8 Å². The van der Waals surface area contributed by atoms with Gasteiger partial charge in [-0.25, -0.2) is 4.79 Å². The highest BCUT2D eigenvalue weighted by atomic mass is 32.2. The van der Waals surface area contributed by atoms with Gasteiger partial charge in [0.05, 0.1) is 11.6 Å². The quantitative estimate of drug-likeness (QED) is 0.254. The topological polar surface area (TPSA) is 136 Å². The Bertz CT molecular complexity index is 911. The van der Waals surface area contributed by atoms with Crippen LogP contribution in [0, 0.1) is 18.8 Å². The average molecular weight is 472 g/mol. The molecule has 0 spiro atoms. The number of Topliss-reactive ketones (excluding diaryl/α,β-unsaturated/α-hetero) is 1. The van der Waals surface area contributed by atoms with Gasteiger partial charge in [-0.15, -0.1) is 0 Å². The molecular formula is C22H33NO8S. The molecule has 2 atom stereocenters. The second kappa shape index (κ2) is 12.7. The third-order valence-corrected chi connectivity index (χ3v) is 5.87. The molecule has 1 aromatic carbocycles. The molecule has 1 rings (SSSR count). The van der Waals surface area contributed by atoms with E-state index in [2.05, 4.69) is 5.32 Å². The predicted octanol–water partition coefficient (Wildman–Crippen LogP) is 3.16. The van der Waals surface area contributed by atoms with E-state index in [4.69, 9.17) is 9.47 Å². The van der Waals surface area contributed by atoms with Crippen molar-refractivity contribution < 1.29 is 36.8 Å². The Morgan fingerprint density at radius 2 is 1.78 bits per heavy atom. The second-order valence-corrected chi connectivity index (χ2v) is 9.42. The van der Waals surface area contributed by atoms with Gasteiger partial charge in [0.25, 0.3) is 10.1 Å². The highest BCUT2D eigenvalue weighted by Crippen LogP contribution is 2.23. The number of ether oxygens (including phenoxy) is 2. The number of hydrogen-bond donors (Lipinski definition) is 2. The molecule has 0 aliphatic rings. The van der Waals surface area contributed by atoms with Crippen molar-refractivity contribution in [3.05, 3.63) is 23.8 Å². The van der Waals surface area contributed by atoms with Gasteiger partial charge in [-0.3, -0.25) is 14.1 Å². The standard InChI is InChI=1S/C22H33NO8S/c1-14(2)21(25)17(13-31-22(26)16(4)30-5)8-6-7-9-20(24)23-18-11-10-15(3)12-19(18)32(27,28)29/h10-12,14,16-17H,6-9,13H2,1-5H3,(H,23,24)(H,27,28,29). The van der Waals surface area contributed by atoms with Gasteiger partial charge < -0.3 is 14.8 Å². The number of unbranched alkanes of at least 4 members (excludes halogenated alkanes) is 1. The van der Waals surface area contributed by atoms with Crippen molar-refractivity contribution in [1.82, 2.24) is 0 Å². The molecular weight excluding hydrogens is 438 g/mol. The van der Waals surface area contributed by atoms with Crippen molar-refractivity contribution >= 4 is 33.5 Å². The summed E-state index contributed by atoms with van der Waals surface area (Å²) < 4.78 is 42.5. The molecule has 0 aliphatic heterocycles. The molecule has 0 aromatic heterocycles. The molecule has 32 heavy (non-hydrogen) atoms. The lowest BCUT2D eigenvalue weighted by atomic mass is 9.91. The maximum absolute atomic E-state index is 12.4. The minimum absolute atomic E-state index is 0.00939. The van der Waals surface area contributed by atoms with Crippen LogP contribution in [0.5, 0.6) is 0 Å². The summed E-state index contributed by atoms with van der Waals surface area (Å²) in [6.07, 6.45) is 0.806. The van der Waals surface area contributed by atoms with Gasteiger partial charge in [0, 0.05) is 19.4 Å². The third-order valence-electron chi connectivity index (χ3n) is 4.98. The normalized spacial score (nSPS) is 13.5. The summed E-state index contributed by atoms with van der Waals surface area (Å²) in [7, 11) is -3.09. The first-order valence-corrected chi connectivity index (χ1v) is 11.9. The van der Waals surface area contributed by atoms with E-state index in [-0.39, 0.29) is 35.3 Å². The number of ketones is 1. The Balaban J connectivity index is 2.62. The summed E-state index contributed by atoms with van der Waals surface area (Å²) in [5.41, 5.74) is 0.632. The van der Waals surface area contributed by atoms with E-state index in [1.54, 1.807) is 33.8 Å². The fourth-order valence-electron chi connectivity index (χ4n) is 3.01. The lowest BCUT2D eigenvalue weighted by molar-refractivity contribution is -0.156. The number of nitrogens with one attached hydrogen (secondary N) is 1. The molecule has 9 nitrogen and oxygen atoms in total. The van der Waals surface area contributed by atoms with Gasteiger partial charge >= 0.3 is 5.97 Å². The summed E-state index contributed by atoms with van der Waals surface area (Å²) in [5, 5.41) is 2.50. The molecule has 0 radical (unpaired) electrons. The molecule has 0 fully saturated rings. The number of hydrogen-bond acceptors (Lipinski definition) is 7. The molecule has 10 heteroatoms. The van der Waals surface area contributed by atoms with Crippen LogP contribution >= 0.6 is 0 Å². The zero-order valence-corrected chi connectivity index (χ0v) is 20.0. The SMILES string of the molecule is COC(C)C(=O)OCC(CCCCC(=O)Nc1ccc(C)cc1S(=O)(=O)O)C(=O)C(C)C. The van der Waals surface area contributed by atoms with Gasteiger partial charge in [-0.05, 0) is 44.4 Å². The van der Waals surface area contributed by atoms with Crippen LogP contribution in [0.15, 0.2) is 23.1 Å². The largest absolute Gasteiger partial charge is 0.463 e. The first-order chi connectivity index (χ1) is 14.9. The third kappa shape index (κ3) is 9.05. The molecule has 0 saturated heterocycles. The highest BCUT2D eigenvalue weighted by molar-refractivity contribution is 7.86. The van der Waals surface area contributed by atoms with Crippen LogP contribution in [0.1, 0.15) is 52.0 Å². The van der Waals surface area contributed by atoms with Crippen molar-refractivity contribution in [3.8, 4) is 0 Å². The summed E-state index contributed by atoms with van der Waals surface area (Å²) in [5.74, 6) is -1.67. The first kappa shape index (κ1) is 27.7. The number of amides is 1. The average Bonchev–Trinajstić information content (AvgIpc) is 2.72. The zero-order valence-electron chi connectivity index (χ0n) is 19.2. The van der Waals surface area contributed by atoms with Gasteiger partial charge in [-0.1, -0.05) is 26.3 Å². The van der Waals surface area contributed by atoms with E-state index in [1.165, 1.54) is 19.2 Å². The van der Waals surface area contributed by atoms with Gasteiger partial charge in [-0.2, -0.15) is 8.42 Å². The molecule has 2 unspecified atom stereocenters. The minimum atomic E-state index is -4.48. The van der Waals surface area contributed by atoms with E-state index in [9.17, 15) is 27.4 Å². The number of carbonyl (C=O) groups is 3. The summed E-state index contributed by atoms with van der Waals surface area (Å²) in [4.78, 5) is 36.1. The summed E-state index contributed by atoms with van der Waals surface area (Å²) in [6.45, 7) is 6.73. The predicted molar refractivity (Wildman–Crippen MR) is 119 cm³/mol. The number of methoxy groups -OCH3 is 1. The number of aryl methyl sites for hydroxylation is 1. The van der Waals surface area contributed by atoms with E-state index < -0.39 is 34.0 Å². The van der Waals surface area contributed by atoms with Crippen LogP contribution in [0.25, 0.3) is 0 Å². The molecule has 0 saturated carbocycles. The van der Waals surface area contributed by atoms with Crippen LogP contribution in [0.4, 0.5) is 5.69 Å². The second-order valence-electron chi connectivity index (χ2n) is 8.03. The van der Waals surface area contributed by atoms with Crippen molar-refractivity contribution in [2.75, 3.05) is 19.0 Å². The summed E-state index contributed by atoms with van der Waals surface area (Å²) >= 11 is 0. The Morgan fingerprint density at radius 1 is 1.12 bits per heavy atom. The number of benzene rings is 1. The van der Waals surface area contributed by atoms with Gasteiger partial charge in [0.2, 0.25) is 5.91 Å². The maximum Gasteiger partial charge on any atom is 0.334 e. The highest BCUT2D eigenvalue weighted by Gasteiger charge is 2.24. The molecule has 1 aromatic rings. The monoisotopic (exact) mass is 471 g/mol. The number of carbonyl (C=O) groups excluding carboxylic acids is 3. The van der Waals surface area contributed by atoms with Crippen LogP contribution in [-0.4, -0.2) is 50.5 Å². The van der Waals surface area contributed by atoms with Crippen molar-refractivity contribution in [2.24, 2.45) is 11.8 Å². The van der Waals surface area contributed by atoms with Crippen molar-refractivity contribution in [2.45, 2.75) is 64.4 Å². The number of esters is 1. The molecule has 0 heterocycles. The van der Waals surface area contributed by atoms with Crippen molar-refractivity contribution in [3.63, 3.8) is 0 Å². The molecule has 0 bridgehead atoms. The lowest BCUT2D eigenvalue weighted by Crippen LogP contribution is -2.29. The minimum Gasteiger partial charge on any atom is -0.463 e. The molecule has 1 amide bonds. The Labute approximate surface area is 189 Å². The fraction of sp³-hybridized carbons (Fsp3) is 0.591. The van der Waals surface area contributed by atoms with Crippen LogP contribution in [0.3, 0.4) is 0 Å². The number of anilines is 1. The first-order valence-electron chi connectivity index (χ1n) is 10.5. The van der Waals surface area contributed by atoms with E-state index in [0.717, 1.165) is 0 Å². The Hall–Kier alpha value is -2.30. The maximum atomic E-state index is 12.4. The van der Waals surface area contributed by atoms with Crippen LogP contribution in [0.2, 0.25) is 0 Å². The zero-order chi connectivity index (χ0) is 24.5. The van der Waals surface area contributed by atoms with Crippen molar-refractivity contribution in [1.29, 1.82) is 0 Å². The Kier molecular flexibility index (Phi) is 11.0. The molecule has 180 valence electrons. The Morgan fingerprint density at radius 3 is 2.34 bits per heavy atom. The summed E-state index contributed by atoms with van der Waals surface area (Å²) in [6, 6.07) is 4.32. The van der Waals surface area contributed by atoms with E-state index >= 15 is 0 Å². The van der Waals surface area contributed by atoms with Gasteiger partial charge in [0.1, 0.15) is 17.3 Å². The van der Waals surface area contributed by atoms with Gasteiger partial charge in [0.15, 0.2) is 6.10 Å². The lowest BCUT2D eigenvalue weighted by Gasteiger charge is -2.19. The molecule has 2 N–H and O–H groups in total. The number of rotatable bonds is 13. The smallest absolute Gasteiger partial charge is 0.334 e. The fourth-order valence-corrected chi connectivity index (χ4v) is 3.74. The van der Waals surface area contributed by atoms with Crippen LogP contribution < -0.4 is 5.32 Å². The van der Waals surface area contributed by atoms with Crippen LogP contribution in [-0.2, 0) is 34.0 Å². The van der Waals surface area contributed by atoms with E-state index in [1.807, 2.05) is 0 Å².